The Morgan fingerprint density at radius 3 is 2.15 bits per heavy atom. The zero-order chi connectivity index (χ0) is 28.5. The number of rotatable bonds is 9. The van der Waals surface area contributed by atoms with Crippen LogP contribution in [0.5, 0.6) is 5.75 Å². The number of ether oxygens (including phenoxy) is 1. The maximum Gasteiger partial charge on any atom is 0.343 e. The topological polar surface area (TPSA) is 96.9 Å². The molecule has 0 aliphatic heterocycles. The smallest absolute Gasteiger partial charge is 0.343 e. The number of aryl methyl sites for hydroxylation is 1. The van der Waals surface area contributed by atoms with E-state index in [0.717, 1.165) is 16.7 Å². The molecule has 0 aromatic heterocycles. The fourth-order valence-electron chi connectivity index (χ4n) is 3.98. The normalized spacial score (nSPS) is 10.9. The zero-order valence-electron chi connectivity index (χ0n) is 21.4. The molecule has 4 aromatic rings. The van der Waals surface area contributed by atoms with Crippen molar-refractivity contribution in [3.63, 3.8) is 0 Å². The Morgan fingerprint density at radius 1 is 0.875 bits per heavy atom. The molecule has 0 bridgehead atoms. The van der Waals surface area contributed by atoms with Crippen LogP contribution in [0, 0.1) is 6.92 Å². The molecule has 0 aliphatic rings. The Labute approximate surface area is 248 Å². The van der Waals surface area contributed by atoms with E-state index in [1.165, 1.54) is 6.21 Å². The van der Waals surface area contributed by atoms with Gasteiger partial charge in [0, 0.05) is 10.0 Å². The predicted octanol–water partition coefficient (Wildman–Crippen LogP) is 6.14. The summed E-state index contributed by atoms with van der Waals surface area (Å²) >= 11 is 6.84. The van der Waals surface area contributed by atoms with E-state index in [9.17, 15) is 14.4 Å². The summed E-state index contributed by atoms with van der Waals surface area (Å²) in [5, 5.41) is 6.71. The fourth-order valence-corrected chi connectivity index (χ4v) is 5.32. The molecular weight excluding hydrogens is 638 g/mol. The fraction of sp³-hybridized carbons (Fsp3) is 0.0968. The van der Waals surface area contributed by atoms with Crippen molar-refractivity contribution in [2.75, 3.05) is 6.54 Å². The van der Waals surface area contributed by atoms with E-state index in [1.54, 1.807) is 30.3 Å². The van der Waals surface area contributed by atoms with Crippen LogP contribution in [-0.4, -0.2) is 30.5 Å². The number of hydrazone groups is 1. The molecular formula is C31H25Br2N3O4. The maximum absolute atomic E-state index is 13.1. The summed E-state index contributed by atoms with van der Waals surface area (Å²) in [6, 6.07) is 29.2. The molecule has 202 valence electrons. The SMILES string of the molecule is Cc1cccc(C(=O)Oc2c(Br)cc(Br)cc2/C=N/NC(=O)CNC(=O)C(c2ccccc2)c2ccccc2)c1. The van der Waals surface area contributed by atoms with Crippen LogP contribution in [0.4, 0.5) is 0 Å². The molecule has 0 unspecified atom stereocenters. The summed E-state index contributed by atoms with van der Waals surface area (Å²) in [6.45, 7) is 1.61. The van der Waals surface area contributed by atoms with E-state index in [4.69, 9.17) is 4.74 Å². The van der Waals surface area contributed by atoms with Crippen molar-refractivity contribution in [3.8, 4) is 5.75 Å². The molecule has 0 saturated carbocycles. The lowest BCUT2D eigenvalue weighted by Crippen LogP contribution is -2.37. The summed E-state index contributed by atoms with van der Waals surface area (Å²) in [6.07, 6.45) is 1.37. The highest BCUT2D eigenvalue weighted by Gasteiger charge is 2.23. The number of hydrogen-bond acceptors (Lipinski definition) is 5. The second-order valence-corrected chi connectivity index (χ2v) is 10.6. The molecule has 0 saturated heterocycles. The van der Waals surface area contributed by atoms with Crippen LogP contribution in [0.2, 0.25) is 0 Å². The molecule has 4 aromatic carbocycles. The van der Waals surface area contributed by atoms with Gasteiger partial charge in [0.25, 0.3) is 5.91 Å². The van der Waals surface area contributed by atoms with E-state index in [2.05, 4.69) is 47.7 Å². The standard InChI is InChI=1S/C31H25Br2N3O4/c1-20-9-8-14-23(15-20)31(39)40-29-24(16-25(32)17-26(29)33)18-35-36-27(37)19-34-30(38)28(21-10-4-2-5-11-21)22-12-6-3-7-13-22/h2-18,28H,19H2,1H3,(H,34,38)(H,36,37)/b35-18+. The van der Waals surface area contributed by atoms with E-state index in [1.807, 2.05) is 73.7 Å². The minimum Gasteiger partial charge on any atom is -0.421 e. The van der Waals surface area contributed by atoms with Gasteiger partial charge in [0.1, 0.15) is 0 Å². The van der Waals surface area contributed by atoms with Crippen molar-refractivity contribution in [2.24, 2.45) is 5.10 Å². The Morgan fingerprint density at radius 2 is 1.52 bits per heavy atom. The summed E-state index contributed by atoms with van der Waals surface area (Å²) < 4.78 is 6.89. The number of carbonyl (C=O) groups is 3. The number of nitrogens with zero attached hydrogens (tertiary/aromatic N) is 1. The molecule has 2 amide bonds. The van der Waals surface area contributed by atoms with Gasteiger partial charge in [-0.25, -0.2) is 10.2 Å². The summed E-state index contributed by atoms with van der Waals surface area (Å²) in [7, 11) is 0. The maximum atomic E-state index is 13.1. The number of esters is 1. The first-order valence-corrected chi connectivity index (χ1v) is 13.9. The third kappa shape index (κ3) is 7.74. The van der Waals surface area contributed by atoms with E-state index >= 15 is 0 Å². The molecule has 0 radical (unpaired) electrons. The lowest BCUT2D eigenvalue weighted by Gasteiger charge is -2.17. The van der Waals surface area contributed by atoms with Gasteiger partial charge < -0.3 is 10.1 Å². The van der Waals surface area contributed by atoms with E-state index in [-0.39, 0.29) is 18.2 Å². The van der Waals surface area contributed by atoms with Crippen molar-refractivity contribution in [3.05, 3.63) is 134 Å². The number of benzene rings is 4. The van der Waals surface area contributed by atoms with Crippen LogP contribution in [-0.2, 0) is 9.59 Å². The molecule has 4 rings (SSSR count). The monoisotopic (exact) mass is 661 g/mol. The van der Waals surface area contributed by atoms with E-state index < -0.39 is 17.8 Å². The van der Waals surface area contributed by atoms with Crippen LogP contribution in [0.1, 0.15) is 38.5 Å². The van der Waals surface area contributed by atoms with Crippen LogP contribution >= 0.6 is 31.9 Å². The number of carbonyl (C=O) groups excluding carboxylic acids is 3. The average molecular weight is 663 g/mol. The number of amides is 2. The van der Waals surface area contributed by atoms with Gasteiger partial charge in [0.15, 0.2) is 5.75 Å². The highest BCUT2D eigenvalue weighted by molar-refractivity contribution is 9.11. The van der Waals surface area contributed by atoms with Crippen molar-refractivity contribution in [1.29, 1.82) is 0 Å². The minimum atomic E-state index is -0.566. The molecule has 7 nitrogen and oxygen atoms in total. The quantitative estimate of drug-likeness (QED) is 0.0975. The number of nitrogens with one attached hydrogen (secondary N) is 2. The second kappa shape index (κ2) is 13.8. The van der Waals surface area contributed by atoms with Crippen molar-refractivity contribution in [2.45, 2.75) is 12.8 Å². The van der Waals surface area contributed by atoms with Gasteiger partial charge in [0.05, 0.1) is 28.7 Å². The Kier molecular flexibility index (Phi) is 9.99. The Hall–Kier alpha value is -4.08. The highest BCUT2D eigenvalue weighted by atomic mass is 79.9. The highest BCUT2D eigenvalue weighted by Crippen LogP contribution is 2.33. The molecule has 0 heterocycles. The van der Waals surface area contributed by atoms with Gasteiger partial charge in [-0.1, -0.05) is 94.3 Å². The number of halogens is 2. The first kappa shape index (κ1) is 28.9. The zero-order valence-corrected chi connectivity index (χ0v) is 24.6. The van der Waals surface area contributed by atoms with Crippen molar-refractivity contribution >= 4 is 55.9 Å². The second-order valence-electron chi connectivity index (χ2n) is 8.83. The van der Waals surface area contributed by atoms with Gasteiger partial charge in [0.2, 0.25) is 5.91 Å². The van der Waals surface area contributed by atoms with Gasteiger partial charge in [-0.2, -0.15) is 5.10 Å². The van der Waals surface area contributed by atoms with Crippen LogP contribution in [0.15, 0.2) is 111 Å². The van der Waals surface area contributed by atoms with Gasteiger partial charge in [-0.05, 0) is 58.2 Å². The molecule has 2 N–H and O–H groups in total. The predicted molar refractivity (Wildman–Crippen MR) is 161 cm³/mol. The molecule has 0 atom stereocenters. The third-order valence-corrected chi connectivity index (χ3v) is 6.88. The first-order valence-electron chi connectivity index (χ1n) is 12.3. The average Bonchev–Trinajstić information content (AvgIpc) is 2.95. The molecule has 0 spiro atoms. The molecule has 9 heteroatoms. The van der Waals surface area contributed by atoms with Crippen LogP contribution < -0.4 is 15.5 Å². The summed E-state index contributed by atoms with van der Waals surface area (Å²) in [4.78, 5) is 38.4. The third-order valence-electron chi connectivity index (χ3n) is 5.83. The first-order chi connectivity index (χ1) is 19.3. The molecule has 40 heavy (non-hydrogen) atoms. The molecule has 0 aliphatic carbocycles. The van der Waals surface area contributed by atoms with Gasteiger partial charge in [-0.15, -0.1) is 0 Å². The Balaban J connectivity index is 1.41. The van der Waals surface area contributed by atoms with Crippen molar-refractivity contribution < 1.29 is 19.1 Å². The Bertz CT molecular complexity index is 1500. The summed E-state index contributed by atoms with van der Waals surface area (Å²) in [5.41, 5.74) is 5.83. The van der Waals surface area contributed by atoms with Gasteiger partial charge >= 0.3 is 5.97 Å². The van der Waals surface area contributed by atoms with Crippen LogP contribution in [0.3, 0.4) is 0 Å². The summed E-state index contributed by atoms with van der Waals surface area (Å²) in [5.74, 6) is -1.67. The number of hydrogen-bond donors (Lipinski definition) is 2. The van der Waals surface area contributed by atoms with Crippen LogP contribution in [0.25, 0.3) is 0 Å². The van der Waals surface area contributed by atoms with Gasteiger partial charge in [-0.3, -0.25) is 9.59 Å². The largest absolute Gasteiger partial charge is 0.421 e. The lowest BCUT2D eigenvalue weighted by molar-refractivity contribution is -0.126. The van der Waals surface area contributed by atoms with E-state index in [0.29, 0.717) is 20.1 Å². The minimum absolute atomic E-state index is 0.245. The van der Waals surface area contributed by atoms with Crippen molar-refractivity contribution in [1.82, 2.24) is 10.7 Å². The lowest BCUT2D eigenvalue weighted by atomic mass is 9.90. The molecule has 0 fully saturated rings.